The molecule has 12 aromatic rings. The average molecular weight is 1030 g/mol. The molecule has 0 heteroatoms. The van der Waals surface area contributed by atoms with E-state index in [9.17, 15) is 0 Å². The van der Waals surface area contributed by atoms with Gasteiger partial charge < -0.3 is 0 Å². The zero-order chi connectivity index (χ0) is 53.8. The van der Waals surface area contributed by atoms with Crippen LogP contribution in [0.3, 0.4) is 0 Å². The molecule has 0 amide bonds. The van der Waals surface area contributed by atoms with Crippen LogP contribution in [0.25, 0.3) is 86.2 Å². The number of aryl methyl sites for hydroxylation is 2. The Labute approximate surface area is 472 Å². The largest absolute Gasteiger partial charge is 0.0654 e. The van der Waals surface area contributed by atoms with E-state index in [1.165, 1.54) is 140 Å². The first kappa shape index (κ1) is 50.5. The molecule has 0 nitrogen and oxygen atoms in total. The molecular weight excluding hydrogens is 961 g/mol. The van der Waals surface area contributed by atoms with E-state index >= 15 is 0 Å². The molecule has 0 aliphatic heterocycles. The minimum Gasteiger partial charge on any atom is -0.0654 e. The summed E-state index contributed by atoms with van der Waals surface area (Å²) in [6.07, 6.45) is 17.0. The van der Waals surface area contributed by atoms with Crippen LogP contribution in [0.2, 0.25) is 0 Å². The molecule has 0 radical (unpaired) electrons. The van der Waals surface area contributed by atoms with Gasteiger partial charge in [0.1, 0.15) is 0 Å². The standard InChI is InChI=1S/C80H64/c1-3-5-7-9-11-13-35-67-69-37-19-27-59-45-41-55-23-15-31-63-49-65-33-17-25-57(75(65)51-73(55)63)43-47-61-29-21-39-71-68(36-14-12-10-8-6-4-2)72-40-22-30-62(80(72)54-79(61)71)48-44-58-26-18-34-66-50-64-32-16-24-56(74(64)52-76(58)66)42-46-60-28-20-38-70(67)78(60)53-77(59)69/h15-34,37-40,49-54H,3-14,35-36H2,1-2H3. The maximum absolute atomic E-state index is 3.75. The first-order chi connectivity index (χ1) is 39.6. The second-order valence-electron chi connectivity index (χ2n) is 22.2. The summed E-state index contributed by atoms with van der Waals surface area (Å²) < 4.78 is 0. The van der Waals surface area contributed by atoms with Gasteiger partial charge in [-0.2, -0.15) is 0 Å². The molecule has 384 valence electrons. The Kier molecular flexibility index (Phi) is 14.3. The highest BCUT2D eigenvalue weighted by atomic mass is 14.2. The van der Waals surface area contributed by atoms with Gasteiger partial charge in [-0.05, 0) is 208 Å². The maximum Gasteiger partial charge on any atom is 0.0327 e. The third-order valence-electron chi connectivity index (χ3n) is 16.9. The lowest BCUT2D eigenvalue weighted by molar-refractivity contribution is 0.609. The van der Waals surface area contributed by atoms with Crippen molar-refractivity contribution in [2.75, 3.05) is 0 Å². The normalized spacial score (nSPS) is 11.8. The van der Waals surface area contributed by atoms with Crippen molar-refractivity contribution in [2.45, 2.75) is 104 Å². The summed E-state index contributed by atoms with van der Waals surface area (Å²) >= 11 is 0. The van der Waals surface area contributed by atoms with Gasteiger partial charge in [0.2, 0.25) is 0 Å². The quantitative estimate of drug-likeness (QED) is 0.0578. The molecule has 0 aromatic heterocycles. The molecular formula is C80H64. The SMILES string of the molecule is CCCCCCCCc1c2cccc3c2cc2c(cccc12)C#Cc1cccc2cc4cccc(c4cc12)C#Cc1cccc2c(CCCCCCCC)c4cccc(c4cc12)C#Cc1cccc2cc4cccc(c4cc12)C#C3. The fraction of sp³-hybridized carbons (Fsp3) is 0.200. The van der Waals surface area contributed by atoms with Crippen LogP contribution in [0.4, 0.5) is 0 Å². The molecule has 0 N–H and O–H groups in total. The summed E-state index contributed by atoms with van der Waals surface area (Å²) in [5.41, 5.74) is 10.9. The van der Waals surface area contributed by atoms with E-state index in [-0.39, 0.29) is 0 Å². The lowest BCUT2D eigenvalue weighted by atomic mass is 9.89. The van der Waals surface area contributed by atoms with E-state index in [1.807, 2.05) is 0 Å². The Morgan fingerprint density at radius 3 is 0.713 bits per heavy atom. The van der Waals surface area contributed by atoms with E-state index in [2.05, 4.69) is 243 Å². The van der Waals surface area contributed by atoms with E-state index in [4.69, 9.17) is 0 Å². The third kappa shape index (κ3) is 9.94. The predicted molar refractivity (Wildman–Crippen MR) is 344 cm³/mol. The van der Waals surface area contributed by atoms with Crippen molar-refractivity contribution in [3.63, 3.8) is 0 Å². The molecule has 1 aliphatic carbocycles. The van der Waals surface area contributed by atoms with Crippen molar-refractivity contribution in [1.29, 1.82) is 0 Å². The molecule has 0 fully saturated rings. The monoisotopic (exact) mass is 1020 g/mol. The number of rotatable bonds is 14. The highest BCUT2D eigenvalue weighted by molar-refractivity contribution is 6.09. The maximum atomic E-state index is 3.75. The average Bonchev–Trinajstić information content (AvgIpc) is 3.69. The second kappa shape index (κ2) is 22.7. The fourth-order valence-corrected chi connectivity index (χ4v) is 12.7. The van der Waals surface area contributed by atoms with E-state index in [0.717, 1.165) is 91.7 Å². The van der Waals surface area contributed by atoms with Gasteiger partial charge in [0.05, 0.1) is 0 Å². The van der Waals surface area contributed by atoms with Gasteiger partial charge in [0.25, 0.3) is 0 Å². The summed E-state index contributed by atoms with van der Waals surface area (Å²) in [5, 5.41) is 19.0. The van der Waals surface area contributed by atoms with Crippen molar-refractivity contribution in [3.8, 4) is 47.4 Å². The Morgan fingerprint density at radius 2 is 0.438 bits per heavy atom. The van der Waals surface area contributed by atoms with Crippen molar-refractivity contribution >= 4 is 86.2 Å². The van der Waals surface area contributed by atoms with E-state index < -0.39 is 0 Å². The minimum atomic E-state index is 1.00. The minimum absolute atomic E-state index is 1.00. The summed E-state index contributed by atoms with van der Waals surface area (Å²) in [6.45, 7) is 4.58. The summed E-state index contributed by atoms with van der Waals surface area (Å²) in [7, 11) is 0. The Bertz CT molecular complexity index is 4130. The smallest absolute Gasteiger partial charge is 0.0327 e. The van der Waals surface area contributed by atoms with Crippen molar-refractivity contribution in [1.82, 2.24) is 0 Å². The molecule has 12 aromatic carbocycles. The Morgan fingerprint density at radius 1 is 0.212 bits per heavy atom. The lowest BCUT2D eigenvalue weighted by Crippen LogP contribution is -1.95. The summed E-state index contributed by atoms with van der Waals surface area (Å²) in [4.78, 5) is 0. The van der Waals surface area contributed by atoms with Crippen LogP contribution in [0, 0.1) is 47.4 Å². The number of hydrogen-bond donors (Lipinski definition) is 0. The highest BCUT2D eigenvalue weighted by Gasteiger charge is 2.16. The Balaban J connectivity index is 1.04. The van der Waals surface area contributed by atoms with Gasteiger partial charge in [-0.15, -0.1) is 0 Å². The van der Waals surface area contributed by atoms with Crippen LogP contribution in [0.5, 0.6) is 0 Å². The third-order valence-corrected chi connectivity index (χ3v) is 16.9. The van der Waals surface area contributed by atoms with Crippen LogP contribution in [0.15, 0.2) is 182 Å². The molecule has 8 bridgehead atoms. The molecule has 80 heavy (non-hydrogen) atoms. The molecule has 0 spiro atoms. The highest BCUT2D eigenvalue weighted by Crippen LogP contribution is 2.37. The van der Waals surface area contributed by atoms with Gasteiger partial charge in [-0.3, -0.25) is 0 Å². The molecule has 1 aliphatic rings. The number of unbranched alkanes of at least 4 members (excludes halogenated alkanes) is 10. The zero-order valence-corrected chi connectivity index (χ0v) is 46.2. The molecule has 0 saturated carbocycles. The molecule has 0 saturated heterocycles. The number of hydrogen-bond acceptors (Lipinski definition) is 0. The van der Waals surface area contributed by atoms with Gasteiger partial charge in [-0.1, -0.05) is 222 Å². The van der Waals surface area contributed by atoms with Crippen molar-refractivity contribution in [3.05, 3.63) is 238 Å². The first-order valence-corrected chi connectivity index (χ1v) is 29.5. The fourth-order valence-electron chi connectivity index (χ4n) is 12.7. The predicted octanol–water partition coefficient (Wildman–Crippen LogP) is 20.6. The van der Waals surface area contributed by atoms with Crippen LogP contribution in [-0.4, -0.2) is 0 Å². The molecule has 13 rings (SSSR count). The van der Waals surface area contributed by atoms with Crippen LogP contribution in [0.1, 0.15) is 147 Å². The van der Waals surface area contributed by atoms with E-state index in [0.29, 0.717) is 0 Å². The number of benzene rings is 12. The van der Waals surface area contributed by atoms with Gasteiger partial charge in [-0.25, -0.2) is 0 Å². The van der Waals surface area contributed by atoms with Crippen LogP contribution in [-0.2, 0) is 12.8 Å². The lowest BCUT2D eigenvalue weighted by Gasteiger charge is -2.14. The topological polar surface area (TPSA) is 0 Å². The van der Waals surface area contributed by atoms with Crippen LogP contribution >= 0.6 is 0 Å². The molecule has 0 unspecified atom stereocenters. The van der Waals surface area contributed by atoms with Gasteiger partial charge in [0.15, 0.2) is 0 Å². The zero-order valence-electron chi connectivity index (χ0n) is 46.2. The summed E-state index contributed by atoms with van der Waals surface area (Å²) in [5.74, 6) is 29.9. The molecule has 0 heterocycles. The second-order valence-corrected chi connectivity index (χ2v) is 22.2. The summed E-state index contributed by atoms with van der Waals surface area (Å²) in [6, 6.07) is 66.9. The van der Waals surface area contributed by atoms with Crippen molar-refractivity contribution < 1.29 is 0 Å². The van der Waals surface area contributed by atoms with Gasteiger partial charge >= 0.3 is 0 Å². The molecule has 0 atom stereocenters. The van der Waals surface area contributed by atoms with Gasteiger partial charge in [0, 0.05) is 44.5 Å². The van der Waals surface area contributed by atoms with Crippen LogP contribution < -0.4 is 0 Å². The first-order valence-electron chi connectivity index (χ1n) is 29.5. The van der Waals surface area contributed by atoms with Crippen molar-refractivity contribution in [2.24, 2.45) is 0 Å². The van der Waals surface area contributed by atoms with E-state index in [1.54, 1.807) is 0 Å². The Hall–Kier alpha value is -9.04.